The monoisotopic (exact) mass is 455 g/mol. The maximum absolute atomic E-state index is 14.3. The van der Waals surface area contributed by atoms with Gasteiger partial charge >= 0.3 is 0 Å². The van der Waals surface area contributed by atoms with E-state index in [2.05, 4.69) is 5.32 Å². The van der Waals surface area contributed by atoms with E-state index in [0.717, 1.165) is 12.1 Å². The first-order valence-electron chi connectivity index (χ1n) is 9.94. The number of ether oxygens (including phenoxy) is 1. The molecule has 9 heteroatoms. The van der Waals surface area contributed by atoms with E-state index in [1.54, 1.807) is 0 Å². The summed E-state index contributed by atoms with van der Waals surface area (Å²) in [5, 5.41) is 24.2. The van der Waals surface area contributed by atoms with Crippen LogP contribution in [0.3, 0.4) is 0 Å². The molecule has 2 aromatic rings. The number of hydrogen-bond donors (Lipinski definition) is 3. The van der Waals surface area contributed by atoms with Gasteiger partial charge in [-0.1, -0.05) is 11.6 Å². The molecule has 1 aliphatic carbocycles. The minimum Gasteiger partial charge on any atom is -0.490 e. The lowest BCUT2D eigenvalue weighted by Crippen LogP contribution is -2.45. The van der Waals surface area contributed by atoms with Gasteiger partial charge in [-0.2, -0.15) is 0 Å². The molecule has 1 fully saturated rings. The normalized spacial score (nSPS) is 25.7. The number of nitrogens with one attached hydrogen (secondary N) is 1. The van der Waals surface area contributed by atoms with Crippen molar-refractivity contribution >= 4 is 23.2 Å². The molecule has 3 N–H and O–H groups in total. The molecule has 1 aliphatic heterocycles. The van der Waals surface area contributed by atoms with E-state index in [0.29, 0.717) is 17.7 Å². The third-order valence-corrected chi connectivity index (χ3v) is 6.28. The molecule has 0 atom stereocenters. The van der Waals surface area contributed by atoms with Gasteiger partial charge in [-0.3, -0.25) is 4.79 Å². The molecule has 0 unspecified atom stereocenters. The highest BCUT2D eigenvalue weighted by Crippen LogP contribution is 2.44. The van der Waals surface area contributed by atoms with E-state index in [1.807, 2.05) is 0 Å². The summed E-state index contributed by atoms with van der Waals surface area (Å²) in [6, 6.07) is 4.50. The highest BCUT2D eigenvalue weighted by Gasteiger charge is 2.45. The number of rotatable bonds is 4. The number of amides is 1. The number of halogens is 4. The number of carbonyl (C=O) groups is 1. The lowest BCUT2D eigenvalue weighted by atomic mass is 9.73. The topological polar surface area (TPSA) is 78.8 Å². The summed E-state index contributed by atoms with van der Waals surface area (Å²) < 4.78 is 48.4. The predicted octanol–water partition coefficient (Wildman–Crippen LogP) is 4.21. The van der Waals surface area contributed by atoms with Crippen molar-refractivity contribution in [1.29, 1.82) is 0 Å². The summed E-state index contributed by atoms with van der Waals surface area (Å²) in [7, 11) is 0. The van der Waals surface area contributed by atoms with Crippen LogP contribution in [0.5, 0.6) is 5.75 Å². The van der Waals surface area contributed by atoms with E-state index in [4.69, 9.17) is 16.3 Å². The van der Waals surface area contributed by atoms with E-state index in [9.17, 15) is 28.2 Å². The summed E-state index contributed by atoms with van der Waals surface area (Å²) in [4.78, 5) is 11.5. The Morgan fingerprint density at radius 3 is 2.29 bits per heavy atom. The molecular formula is C22H21ClF3NO4. The van der Waals surface area contributed by atoms with Crippen molar-refractivity contribution in [3.8, 4) is 5.75 Å². The molecule has 1 heterocycles. The van der Waals surface area contributed by atoms with Crippen LogP contribution in [0.1, 0.15) is 43.2 Å². The minimum absolute atomic E-state index is 0.0329. The third kappa shape index (κ3) is 4.24. The lowest BCUT2D eigenvalue weighted by Gasteiger charge is -2.41. The van der Waals surface area contributed by atoms with E-state index in [1.165, 1.54) is 12.1 Å². The molecule has 0 saturated heterocycles. The smallest absolute Gasteiger partial charge is 0.224 e. The lowest BCUT2D eigenvalue weighted by molar-refractivity contribution is -0.116. The molecule has 166 valence electrons. The Labute approximate surface area is 181 Å². The van der Waals surface area contributed by atoms with Crippen LogP contribution in [-0.2, 0) is 16.8 Å². The van der Waals surface area contributed by atoms with Crippen LogP contribution in [0.25, 0.3) is 0 Å². The van der Waals surface area contributed by atoms with E-state index < -0.39 is 34.2 Å². The highest BCUT2D eigenvalue weighted by molar-refractivity contribution is 6.30. The zero-order valence-corrected chi connectivity index (χ0v) is 17.2. The van der Waals surface area contributed by atoms with Crippen molar-refractivity contribution in [2.45, 2.75) is 49.7 Å². The molecule has 0 aromatic heterocycles. The Balaban J connectivity index is 1.47. The molecule has 0 bridgehead atoms. The zero-order chi connectivity index (χ0) is 22.4. The van der Waals surface area contributed by atoms with Gasteiger partial charge in [0.25, 0.3) is 0 Å². The Kier molecular flexibility index (Phi) is 5.66. The van der Waals surface area contributed by atoms with Gasteiger partial charge in [0.15, 0.2) is 0 Å². The van der Waals surface area contributed by atoms with Crippen LogP contribution >= 0.6 is 11.6 Å². The number of hydrogen-bond acceptors (Lipinski definition) is 4. The summed E-state index contributed by atoms with van der Waals surface area (Å²) >= 11 is 5.65. The van der Waals surface area contributed by atoms with E-state index in [-0.39, 0.29) is 55.3 Å². The Morgan fingerprint density at radius 2 is 1.65 bits per heavy atom. The van der Waals surface area contributed by atoms with E-state index >= 15 is 0 Å². The van der Waals surface area contributed by atoms with Gasteiger partial charge in [-0.15, -0.1) is 0 Å². The van der Waals surface area contributed by atoms with Gasteiger partial charge in [-0.25, -0.2) is 13.2 Å². The van der Waals surface area contributed by atoms with Crippen molar-refractivity contribution in [1.82, 2.24) is 0 Å². The van der Waals surface area contributed by atoms with Crippen molar-refractivity contribution in [2.75, 3.05) is 11.9 Å². The second kappa shape index (κ2) is 8.00. The van der Waals surface area contributed by atoms with Gasteiger partial charge in [0.2, 0.25) is 5.91 Å². The van der Waals surface area contributed by atoms with Gasteiger partial charge in [0.05, 0.1) is 22.5 Å². The molecule has 0 radical (unpaired) electrons. The highest BCUT2D eigenvalue weighted by atomic mass is 35.5. The van der Waals surface area contributed by atoms with Crippen molar-refractivity contribution in [2.24, 2.45) is 0 Å². The Hall–Kier alpha value is -2.29. The van der Waals surface area contributed by atoms with Crippen molar-refractivity contribution in [3.05, 3.63) is 57.9 Å². The standard InChI is InChI=1S/C22H21ClF3NO4/c23-12-9-15(25)19(16(26)10-12)22(30)7-5-21(29,6-8-22)11-31-17-3-2-14(24)20-13(17)1-4-18(28)27-20/h2-3,9-10,29-30H,1,4-8,11H2,(H,27,28)/t21-,22-. The minimum atomic E-state index is -1.77. The third-order valence-electron chi connectivity index (χ3n) is 6.06. The second-order valence-electron chi connectivity index (χ2n) is 8.24. The Morgan fingerprint density at radius 1 is 1.00 bits per heavy atom. The number of anilines is 1. The molecule has 31 heavy (non-hydrogen) atoms. The number of fused-ring (bicyclic) bond motifs is 1. The first kappa shape index (κ1) is 21.9. The van der Waals surface area contributed by atoms with Crippen molar-refractivity contribution < 1.29 is 32.9 Å². The molecule has 1 saturated carbocycles. The van der Waals surface area contributed by atoms with Crippen LogP contribution in [0.2, 0.25) is 5.02 Å². The maximum atomic E-state index is 14.3. The average molecular weight is 456 g/mol. The Bertz CT molecular complexity index is 1010. The second-order valence-corrected chi connectivity index (χ2v) is 8.67. The van der Waals surface area contributed by atoms with Crippen LogP contribution in [0.4, 0.5) is 18.9 Å². The number of aliphatic hydroxyl groups is 2. The van der Waals surface area contributed by atoms with Crippen LogP contribution < -0.4 is 10.1 Å². The first-order chi connectivity index (χ1) is 14.6. The fraction of sp³-hybridized carbons (Fsp3) is 0.409. The summed E-state index contributed by atoms with van der Waals surface area (Å²) in [5.74, 6) is -2.37. The molecule has 4 rings (SSSR count). The molecular weight excluding hydrogens is 435 g/mol. The average Bonchev–Trinajstić information content (AvgIpc) is 2.70. The fourth-order valence-electron chi connectivity index (χ4n) is 4.28. The van der Waals surface area contributed by atoms with Gasteiger partial charge in [0, 0.05) is 17.0 Å². The predicted molar refractivity (Wildman–Crippen MR) is 108 cm³/mol. The largest absolute Gasteiger partial charge is 0.490 e. The fourth-order valence-corrected chi connectivity index (χ4v) is 4.47. The number of benzene rings is 2. The molecule has 5 nitrogen and oxygen atoms in total. The number of carbonyl (C=O) groups excluding carboxylic acids is 1. The SMILES string of the molecule is O=C1CCc2c(OC[C@]3(O)CC[C@@](O)(c4c(F)cc(Cl)cc4F)CC3)ccc(F)c2N1. The first-order valence-corrected chi connectivity index (χ1v) is 10.3. The molecule has 1 amide bonds. The summed E-state index contributed by atoms with van der Waals surface area (Å²) in [6.45, 7) is -0.152. The quantitative estimate of drug-likeness (QED) is 0.645. The zero-order valence-electron chi connectivity index (χ0n) is 16.5. The maximum Gasteiger partial charge on any atom is 0.224 e. The van der Waals surface area contributed by atoms with Gasteiger partial charge in [0.1, 0.15) is 29.8 Å². The van der Waals surface area contributed by atoms with Crippen LogP contribution in [0, 0.1) is 17.5 Å². The van der Waals surface area contributed by atoms with Gasteiger partial charge < -0.3 is 20.3 Å². The summed E-state index contributed by atoms with van der Waals surface area (Å²) in [5.41, 5.74) is -2.98. The van der Waals surface area contributed by atoms with Crippen LogP contribution in [-0.4, -0.2) is 28.3 Å². The van der Waals surface area contributed by atoms with Gasteiger partial charge in [-0.05, 0) is 56.4 Å². The summed E-state index contributed by atoms with van der Waals surface area (Å²) in [6.07, 6.45) is 0.403. The molecule has 0 spiro atoms. The van der Waals surface area contributed by atoms with Crippen LogP contribution in [0.15, 0.2) is 24.3 Å². The molecule has 2 aromatic carbocycles. The molecule has 2 aliphatic rings. The van der Waals surface area contributed by atoms with Crippen molar-refractivity contribution in [3.63, 3.8) is 0 Å².